The van der Waals surface area contributed by atoms with Gasteiger partial charge in [0.15, 0.2) is 5.11 Å². The van der Waals surface area contributed by atoms with Crippen LogP contribution >= 0.6 is 23.6 Å². The van der Waals surface area contributed by atoms with Crippen molar-refractivity contribution in [2.45, 2.75) is 33.6 Å². The highest BCUT2D eigenvalue weighted by molar-refractivity contribution is 7.80. The molecule has 0 aromatic carbocycles. The van der Waals surface area contributed by atoms with Crippen LogP contribution in [0, 0.1) is 6.92 Å². The SMILES string of the molecule is CCOC(=O)c1sc(NC(=S)N2CCCC2)c(C(=O)OCC)c1C. The first kappa shape index (κ1) is 18.7. The zero-order valence-corrected chi connectivity index (χ0v) is 15.8. The van der Waals surface area contributed by atoms with Crippen LogP contribution < -0.4 is 5.32 Å². The highest BCUT2D eigenvalue weighted by atomic mass is 32.1. The monoisotopic (exact) mass is 370 g/mol. The second kappa shape index (κ2) is 8.43. The van der Waals surface area contributed by atoms with Crippen LogP contribution in [-0.2, 0) is 9.47 Å². The highest BCUT2D eigenvalue weighted by Gasteiger charge is 2.27. The first-order valence-electron chi connectivity index (χ1n) is 8.03. The van der Waals surface area contributed by atoms with Crippen molar-refractivity contribution < 1.29 is 19.1 Å². The van der Waals surface area contributed by atoms with Crippen molar-refractivity contribution in [1.82, 2.24) is 4.90 Å². The van der Waals surface area contributed by atoms with Gasteiger partial charge in [-0.3, -0.25) is 0 Å². The van der Waals surface area contributed by atoms with Crippen LogP contribution in [0.25, 0.3) is 0 Å². The molecule has 24 heavy (non-hydrogen) atoms. The number of nitrogens with zero attached hydrogens (tertiary/aromatic N) is 1. The van der Waals surface area contributed by atoms with Crippen molar-refractivity contribution in [3.63, 3.8) is 0 Å². The third kappa shape index (κ3) is 4.05. The number of nitrogens with one attached hydrogen (secondary N) is 1. The lowest BCUT2D eigenvalue weighted by molar-refractivity contribution is 0.0527. The average molecular weight is 370 g/mol. The number of thiocarbonyl (C=S) groups is 1. The fourth-order valence-electron chi connectivity index (χ4n) is 2.54. The van der Waals surface area contributed by atoms with Gasteiger partial charge in [0.1, 0.15) is 9.88 Å². The summed E-state index contributed by atoms with van der Waals surface area (Å²) in [5, 5.41) is 4.22. The molecular formula is C16H22N2O4S2. The molecule has 132 valence electrons. The minimum Gasteiger partial charge on any atom is -0.462 e. The first-order valence-corrected chi connectivity index (χ1v) is 9.25. The van der Waals surface area contributed by atoms with Crippen molar-refractivity contribution in [2.75, 3.05) is 31.6 Å². The fourth-order valence-corrected chi connectivity index (χ4v) is 3.98. The van der Waals surface area contributed by atoms with E-state index in [0.29, 0.717) is 26.1 Å². The smallest absolute Gasteiger partial charge is 0.348 e. The van der Waals surface area contributed by atoms with Crippen molar-refractivity contribution in [2.24, 2.45) is 0 Å². The van der Waals surface area contributed by atoms with Gasteiger partial charge in [-0.05, 0) is 51.4 Å². The number of anilines is 1. The predicted octanol–water partition coefficient (Wildman–Crippen LogP) is 3.20. The summed E-state index contributed by atoms with van der Waals surface area (Å²) < 4.78 is 10.2. The molecule has 1 aromatic rings. The molecule has 1 aliphatic heterocycles. The van der Waals surface area contributed by atoms with Gasteiger partial charge in [0.05, 0.1) is 18.8 Å². The Hall–Kier alpha value is -1.67. The van der Waals surface area contributed by atoms with Gasteiger partial charge < -0.3 is 19.7 Å². The molecule has 2 heterocycles. The van der Waals surface area contributed by atoms with Crippen LogP contribution in [0.4, 0.5) is 5.00 Å². The van der Waals surface area contributed by atoms with Crippen molar-refractivity contribution in [3.8, 4) is 0 Å². The Morgan fingerprint density at radius 3 is 2.33 bits per heavy atom. The molecule has 2 rings (SSSR count). The molecule has 1 saturated heterocycles. The molecule has 1 N–H and O–H groups in total. The summed E-state index contributed by atoms with van der Waals surface area (Å²) in [6, 6.07) is 0. The minimum absolute atomic E-state index is 0.263. The normalized spacial score (nSPS) is 13.7. The van der Waals surface area contributed by atoms with Crippen LogP contribution in [0.2, 0.25) is 0 Å². The summed E-state index contributed by atoms with van der Waals surface area (Å²) in [4.78, 5) is 26.9. The van der Waals surface area contributed by atoms with Crippen molar-refractivity contribution >= 4 is 45.6 Å². The minimum atomic E-state index is -0.464. The van der Waals surface area contributed by atoms with E-state index >= 15 is 0 Å². The molecule has 0 unspecified atom stereocenters. The lowest BCUT2D eigenvalue weighted by Crippen LogP contribution is -2.32. The summed E-state index contributed by atoms with van der Waals surface area (Å²) in [7, 11) is 0. The number of hydrogen-bond donors (Lipinski definition) is 1. The zero-order valence-electron chi connectivity index (χ0n) is 14.1. The zero-order chi connectivity index (χ0) is 17.7. The lowest BCUT2D eigenvalue weighted by Gasteiger charge is -2.19. The second-order valence-electron chi connectivity index (χ2n) is 5.33. The molecule has 0 spiro atoms. The number of likely N-dealkylation sites (tertiary alicyclic amines) is 1. The fraction of sp³-hybridized carbons (Fsp3) is 0.562. The molecule has 0 atom stereocenters. The number of rotatable bonds is 5. The maximum atomic E-state index is 12.3. The van der Waals surface area contributed by atoms with Crippen LogP contribution in [0.3, 0.4) is 0 Å². The van der Waals surface area contributed by atoms with E-state index in [0.717, 1.165) is 25.9 Å². The van der Waals surface area contributed by atoms with Crippen LogP contribution in [-0.4, -0.2) is 48.3 Å². The van der Waals surface area contributed by atoms with E-state index in [1.165, 1.54) is 11.3 Å². The van der Waals surface area contributed by atoms with Gasteiger partial charge in [0.2, 0.25) is 0 Å². The van der Waals surface area contributed by atoms with E-state index < -0.39 is 11.9 Å². The molecule has 0 radical (unpaired) electrons. The molecule has 8 heteroatoms. The van der Waals surface area contributed by atoms with Crippen molar-refractivity contribution in [1.29, 1.82) is 0 Å². The molecule has 0 aliphatic carbocycles. The number of esters is 2. The average Bonchev–Trinajstić information content (AvgIpc) is 3.16. The van der Waals surface area contributed by atoms with E-state index in [1.54, 1.807) is 20.8 Å². The van der Waals surface area contributed by atoms with Gasteiger partial charge in [-0.1, -0.05) is 0 Å². The largest absolute Gasteiger partial charge is 0.462 e. The van der Waals surface area contributed by atoms with Crippen LogP contribution in [0.15, 0.2) is 0 Å². The maximum Gasteiger partial charge on any atom is 0.348 e. The third-order valence-electron chi connectivity index (χ3n) is 3.70. The maximum absolute atomic E-state index is 12.3. The molecular weight excluding hydrogens is 348 g/mol. The Labute approximate surface area is 151 Å². The molecule has 1 aliphatic rings. The molecule has 6 nitrogen and oxygen atoms in total. The number of carbonyl (C=O) groups excluding carboxylic acids is 2. The number of ether oxygens (including phenoxy) is 2. The molecule has 0 bridgehead atoms. The molecule has 0 saturated carbocycles. The highest BCUT2D eigenvalue weighted by Crippen LogP contribution is 2.34. The van der Waals surface area contributed by atoms with Gasteiger partial charge in [-0.2, -0.15) is 0 Å². The standard InChI is InChI=1S/C16H22N2O4S2/c1-4-21-14(19)11-10(3)12(15(20)22-5-2)24-13(11)17-16(23)18-8-6-7-9-18/h4-9H2,1-3H3,(H,17,23). The van der Waals surface area contributed by atoms with E-state index in [-0.39, 0.29) is 13.2 Å². The predicted molar refractivity (Wildman–Crippen MR) is 98.0 cm³/mol. The molecule has 1 fully saturated rings. The van der Waals surface area contributed by atoms with E-state index in [2.05, 4.69) is 10.2 Å². The summed E-state index contributed by atoms with van der Waals surface area (Å²) >= 11 is 6.60. The van der Waals surface area contributed by atoms with Crippen molar-refractivity contribution in [3.05, 3.63) is 16.0 Å². The first-order chi connectivity index (χ1) is 11.5. The Kier molecular flexibility index (Phi) is 6.56. The summed E-state index contributed by atoms with van der Waals surface area (Å²) in [6.07, 6.45) is 2.20. The summed E-state index contributed by atoms with van der Waals surface area (Å²) in [5.41, 5.74) is 0.912. The Balaban J connectivity index is 2.32. The number of hydrogen-bond acceptors (Lipinski definition) is 6. The van der Waals surface area contributed by atoms with Gasteiger partial charge in [0, 0.05) is 13.1 Å². The van der Waals surface area contributed by atoms with E-state index in [1.807, 2.05) is 0 Å². The van der Waals surface area contributed by atoms with Crippen LogP contribution in [0.1, 0.15) is 52.3 Å². The second-order valence-corrected chi connectivity index (χ2v) is 6.73. The topological polar surface area (TPSA) is 67.9 Å². The summed E-state index contributed by atoms with van der Waals surface area (Å²) in [5.74, 6) is -0.904. The van der Waals surface area contributed by atoms with Gasteiger partial charge >= 0.3 is 11.9 Å². The molecule has 0 amide bonds. The number of carbonyl (C=O) groups is 2. The van der Waals surface area contributed by atoms with Gasteiger partial charge in [0.25, 0.3) is 0 Å². The van der Waals surface area contributed by atoms with Gasteiger partial charge in [-0.25, -0.2) is 9.59 Å². The Bertz CT molecular complexity index is 636. The summed E-state index contributed by atoms with van der Waals surface area (Å²) in [6.45, 7) is 7.55. The Morgan fingerprint density at radius 1 is 1.17 bits per heavy atom. The molecule has 1 aromatic heterocycles. The van der Waals surface area contributed by atoms with E-state index in [4.69, 9.17) is 21.7 Å². The lowest BCUT2D eigenvalue weighted by atomic mass is 10.1. The Morgan fingerprint density at radius 2 is 1.75 bits per heavy atom. The quantitative estimate of drug-likeness (QED) is 0.630. The third-order valence-corrected chi connectivity index (χ3v) is 5.25. The van der Waals surface area contributed by atoms with E-state index in [9.17, 15) is 9.59 Å². The van der Waals surface area contributed by atoms with Gasteiger partial charge in [-0.15, -0.1) is 11.3 Å². The number of thiophene rings is 1. The van der Waals surface area contributed by atoms with Crippen LogP contribution in [0.5, 0.6) is 0 Å².